The van der Waals surface area contributed by atoms with E-state index in [-0.39, 0.29) is 12.4 Å². The van der Waals surface area contributed by atoms with Gasteiger partial charge in [-0.05, 0) is 66.1 Å². The molecule has 0 atom stereocenters. The van der Waals surface area contributed by atoms with Crippen molar-refractivity contribution < 1.29 is 24.1 Å². The summed E-state index contributed by atoms with van der Waals surface area (Å²) >= 11 is 0. The van der Waals surface area contributed by atoms with Crippen molar-refractivity contribution in [3.63, 3.8) is 0 Å². The van der Waals surface area contributed by atoms with E-state index in [2.05, 4.69) is 11.9 Å². The molecule has 0 radical (unpaired) electrons. The Hall–Kier alpha value is -3.93. The molecule has 0 saturated carbocycles. The predicted molar refractivity (Wildman–Crippen MR) is 120 cm³/mol. The van der Waals surface area contributed by atoms with Gasteiger partial charge < -0.3 is 19.3 Å². The number of nitrogens with one attached hydrogen (secondary N) is 1. The monoisotopic (exact) mass is 419 g/mol. The summed E-state index contributed by atoms with van der Waals surface area (Å²) in [6.07, 6.45) is 2.14. The number of ether oxygens (including phenoxy) is 3. The van der Waals surface area contributed by atoms with Crippen LogP contribution in [0.4, 0.5) is 10.5 Å². The van der Waals surface area contributed by atoms with Crippen LogP contribution < -0.4 is 14.8 Å². The summed E-state index contributed by atoms with van der Waals surface area (Å²) in [5, 5.41) is 11.9. The van der Waals surface area contributed by atoms with Gasteiger partial charge in [-0.15, -0.1) is 6.58 Å². The molecule has 0 heterocycles. The third-order valence-electron chi connectivity index (χ3n) is 4.33. The number of rotatable bonds is 10. The van der Waals surface area contributed by atoms with Crippen LogP contribution in [0.1, 0.15) is 11.1 Å². The standard InChI is InChI=1S/C25H25NO5/c1-2-3-19-4-6-20(7-5-19)18-31-25(28)26-21-8-12-23(13-9-21)29-16-17-30-24-14-10-22(27)11-15-24/h2,4-15,27H,1,3,16-18H2,(H,26,28). The van der Waals surface area contributed by atoms with Crippen molar-refractivity contribution in [2.24, 2.45) is 0 Å². The maximum Gasteiger partial charge on any atom is 0.411 e. The van der Waals surface area contributed by atoms with Crippen LogP contribution in [0.15, 0.2) is 85.5 Å². The summed E-state index contributed by atoms with van der Waals surface area (Å²) in [5.74, 6) is 1.51. The van der Waals surface area contributed by atoms with Gasteiger partial charge in [-0.2, -0.15) is 0 Å². The summed E-state index contributed by atoms with van der Waals surface area (Å²) < 4.78 is 16.4. The first kappa shape index (κ1) is 21.8. The molecular formula is C25H25NO5. The van der Waals surface area contributed by atoms with E-state index in [1.54, 1.807) is 48.5 Å². The predicted octanol–water partition coefficient (Wildman–Crippen LogP) is 5.33. The van der Waals surface area contributed by atoms with Crippen LogP contribution in [0.2, 0.25) is 0 Å². The van der Waals surface area contributed by atoms with Gasteiger partial charge in [-0.25, -0.2) is 4.79 Å². The summed E-state index contributed by atoms with van der Waals surface area (Å²) in [7, 11) is 0. The second kappa shape index (κ2) is 11.3. The molecule has 0 bridgehead atoms. The number of anilines is 1. The van der Waals surface area contributed by atoms with Gasteiger partial charge in [0.1, 0.15) is 37.1 Å². The largest absolute Gasteiger partial charge is 0.508 e. The van der Waals surface area contributed by atoms with Gasteiger partial charge in [0.05, 0.1) is 0 Å². The first-order valence-electron chi connectivity index (χ1n) is 9.89. The van der Waals surface area contributed by atoms with Crippen LogP contribution in [-0.4, -0.2) is 24.4 Å². The quantitative estimate of drug-likeness (QED) is 0.343. The molecule has 0 saturated heterocycles. The third-order valence-corrected chi connectivity index (χ3v) is 4.33. The lowest BCUT2D eigenvalue weighted by atomic mass is 10.1. The van der Waals surface area contributed by atoms with E-state index in [0.717, 1.165) is 17.5 Å². The highest BCUT2D eigenvalue weighted by Crippen LogP contribution is 2.18. The fourth-order valence-corrected chi connectivity index (χ4v) is 2.74. The fourth-order valence-electron chi connectivity index (χ4n) is 2.74. The first-order chi connectivity index (χ1) is 15.1. The van der Waals surface area contributed by atoms with Crippen LogP contribution in [0.25, 0.3) is 0 Å². The molecule has 0 spiro atoms. The lowest BCUT2D eigenvalue weighted by molar-refractivity contribution is 0.155. The number of phenolic OH excluding ortho intramolecular Hbond substituents is 1. The average molecular weight is 419 g/mol. The van der Waals surface area contributed by atoms with E-state index in [1.165, 1.54) is 0 Å². The topological polar surface area (TPSA) is 77.0 Å². The maximum absolute atomic E-state index is 12.0. The van der Waals surface area contributed by atoms with E-state index in [0.29, 0.717) is 30.4 Å². The zero-order chi connectivity index (χ0) is 21.9. The molecule has 0 aliphatic rings. The third kappa shape index (κ3) is 7.44. The molecule has 6 nitrogen and oxygen atoms in total. The summed E-state index contributed by atoms with van der Waals surface area (Å²) in [6.45, 7) is 4.64. The van der Waals surface area contributed by atoms with Crippen molar-refractivity contribution in [3.8, 4) is 17.2 Å². The molecule has 0 aliphatic carbocycles. The molecule has 31 heavy (non-hydrogen) atoms. The minimum atomic E-state index is -0.522. The Morgan fingerprint density at radius 1 is 0.839 bits per heavy atom. The molecule has 160 valence electrons. The second-order valence-electron chi connectivity index (χ2n) is 6.73. The zero-order valence-corrected chi connectivity index (χ0v) is 17.1. The lowest BCUT2D eigenvalue weighted by Gasteiger charge is -2.10. The van der Waals surface area contributed by atoms with Gasteiger partial charge in [-0.3, -0.25) is 5.32 Å². The van der Waals surface area contributed by atoms with E-state index in [1.807, 2.05) is 30.3 Å². The maximum atomic E-state index is 12.0. The SMILES string of the molecule is C=CCc1ccc(COC(=O)Nc2ccc(OCCOc3ccc(O)cc3)cc2)cc1. The Balaban J connectivity index is 1.36. The molecule has 3 rings (SSSR count). The van der Waals surface area contributed by atoms with Crippen molar-refractivity contribution >= 4 is 11.8 Å². The first-order valence-corrected chi connectivity index (χ1v) is 9.89. The molecule has 1 amide bonds. The number of hydrogen-bond acceptors (Lipinski definition) is 5. The lowest BCUT2D eigenvalue weighted by Crippen LogP contribution is -2.13. The van der Waals surface area contributed by atoms with Crippen LogP contribution in [0.3, 0.4) is 0 Å². The summed E-state index contributed by atoms with van der Waals surface area (Å²) in [6, 6.07) is 21.3. The molecule has 2 N–H and O–H groups in total. The van der Waals surface area contributed by atoms with Crippen LogP contribution >= 0.6 is 0 Å². The van der Waals surface area contributed by atoms with Gasteiger partial charge in [0.25, 0.3) is 0 Å². The number of allylic oxidation sites excluding steroid dienone is 1. The van der Waals surface area contributed by atoms with Crippen molar-refractivity contribution in [1.29, 1.82) is 0 Å². The van der Waals surface area contributed by atoms with E-state index in [4.69, 9.17) is 14.2 Å². The van der Waals surface area contributed by atoms with Crippen LogP contribution in [0.5, 0.6) is 17.2 Å². The summed E-state index contributed by atoms with van der Waals surface area (Å²) in [4.78, 5) is 12.0. The highest BCUT2D eigenvalue weighted by Gasteiger charge is 2.05. The Bertz CT molecular complexity index is 966. The van der Waals surface area contributed by atoms with E-state index >= 15 is 0 Å². The van der Waals surface area contributed by atoms with Gasteiger partial charge >= 0.3 is 6.09 Å². The van der Waals surface area contributed by atoms with Crippen LogP contribution in [-0.2, 0) is 17.8 Å². The molecule has 0 aromatic heterocycles. The number of amides is 1. The number of phenols is 1. The molecule has 6 heteroatoms. The van der Waals surface area contributed by atoms with Gasteiger partial charge in [0.2, 0.25) is 0 Å². The minimum absolute atomic E-state index is 0.194. The molecule has 0 fully saturated rings. The average Bonchev–Trinajstić information content (AvgIpc) is 2.79. The molecular weight excluding hydrogens is 394 g/mol. The smallest absolute Gasteiger partial charge is 0.411 e. The fraction of sp³-hybridized carbons (Fsp3) is 0.160. The second-order valence-corrected chi connectivity index (χ2v) is 6.73. The molecule has 3 aromatic carbocycles. The number of benzene rings is 3. The Labute approximate surface area is 181 Å². The van der Waals surface area contributed by atoms with E-state index < -0.39 is 6.09 Å². The Morgan fingerprint density at radius 2 is 1.39 bits per heavy atom. The van der Waals surface area contributed by atoms with Crippen LogP contribution in [0, 0.1) is 0 Å². The molecule has 0 aliphatic heterocycles. The highest BCUT2D eigenvalue weighted by atomic mass is 16.5. The zero-order valence-electron chi connectivity index (χ0n) is 17.1. The number of carbonyl (C=O) groups excluding carboxylic acids is 1. The number of carbonyl (C=O) groups is 1. The summed E-state index contributed by atoms with van der Waals surface area (Å²) in [5.41, 5.74) is 2.69. The van der Waals surface area contributed by atoms with Crippen molar-refractivity contribution in [2.45, 2.75) is 13.0 Å². The molecule has 3 aromatic rings. The highest BCUT2D eigenvalue weighted by molar-refractivity contribution is 5.84. The molecule has 0 unspecified atom stereocenters. The number of hydrogen-bond donors (Lipinski definition) is 2. The van der Waals surface area contributed by atoms with Crippen molar-refractivity contribution in [3.05, 3.63) is 96.6 Å². The van der Waals surface area contributed by atoms with Gasteiger partial charge in [0.15, 0.2) is 0 Å². The number of aromatic hydroxyl groups is 1. The minimum Gasteiger partial charge on any atom is -0.508 e. The van der Waals surface area contributed by atoms with Gasteiger partial charge in [-0.1, -0.05) is 30.3 Å². The Kier molecular flexibility index (Phi) is 7.94. The normalized spacial score (nSPS) is 10.2. The van der Waals surface area contributed by atoms with E-state index in [9.17, 15) is 9.90 Å². The van der Waals surface area contributed by atoms with Crippen molar-refractivity contribution in [1.82, 2.24) is 0 Å². The Morgan fingerprint density at radius 3 is 1.97 bits per heavy atom. The van der Waals surface area contributed by atoms with Crippen molar-refractivity contribution in [2.75, 3.05) is 18.5 Å². The van der Waals surface area contributed by atoms with Gasteiger partial charge in [0, 0.05) is 5.69 Å².